The van der Waals surface area contributed by atoms with Crippen LogP contribution in [0.4, 0.5) is 14.6 Å². The van der Waals surface area contributed by atoms with Gasteiger partial charge < -0.3 is 15.4 Å². The number of rotatable bonds is 3. The molecule has 1 aliphatic rings. The first-order chi connectivity index (χ1) is 7.70. The van der Waals surface area contributed by atoms with Gasteiger partial charge in [-0.3, -0.25) is 0 Å². The molecule has 1 saturated heterocycles. The first-order valence-electron chi connectivity index (χ1n) is 5.02. The van der Waals surface area contributed by atoms with Crippen LogP contribution in [0.2, 0.25) is 0 Å². The summed E-state index contributed by atoms with van der Waals surface area (Å²) in [7, 11) is 1.60. The third-order valence-corrected chi connectivity index (χ3v) is 2.59. The summed E-state index contributed by atoms with van der Waals surface area (Å²) >= 11 is 0. The van der Waals surface area contributed by atoms with Crippen molar-refractivity contribution in [3.63, 3.8) is 0 Å². The molecule has 0 saturated carbocycles. The Labute approximate surface area is 92.0 Å². The number of pyridine rings is 1. The molecule has 1 aromatic rings. The number of ether oxygens (including phenoxy) is 1. The van der Waals surface area contributed by atoms with Crippen LogP contribution >= 0.6 is 0 Å². The van der Waals surface area contributed by atoms with Crippen LogP contribution in [0.25, 0.3) is 0 Å². The molecule has 0 radical (unpaired) electrons. The van der Waals surface area contributed by atoms with Gasteiger partial charge in [0.05, 0.1) is 18.3 Å². The molecule has 1 fully saturated rings. The minimum absolute atomic E-state index is 0.0359. The second kappa shape index (κ2) is 4.71. The Morgan fingerprint density at radius 3 is 3.00 bits per heavy atom. The van der Waals surface area contributed by atoms with Crippen molar-refractivity contribution in [2.75, 3.05) is 25.5 Å². The van der Waals surface area contributed by atoms with E-state index in [-0.39, 0.29) is 18.0 Å². The van der Waals surface area contributed by atoms with Crippen molar-refractivity contribution in [2.45, 2.75) is 12.1 Å². The van der Waals surface area contributed by atoms with Crippen molar-refractivity contribution in [3.8, 4) is 0 Å². The molecule has 16 heavy (non-hydrogen) atoms. The van der Waals surface area contributed by atoms with Crippen LogP contribution in [0.15, 0.2) is 12.3 Å². The van der Waals surface area contributed by atoms with E-state index in [1.807, 2.05) is 0 Å². The van der Waals surface area contributed by atoms with Gasteiger partial charge in [-0.1, -0.05) is 0 Å². The fourth-order valence-corrected chi connectivity index (χ4v) is 1.74. The van der Waals surface area contributed by atoms with E-state index in [1.54, 1.807) is 7.11 Å². The molecule has 2 rings (SSSR count). The van der Waals surface area contributed by atoms with Crippen LogP contribution in [0.3, 0.4) is 0 Å². The molecule has 0 aromatic carbocycles. The van der Waals surface area contributed by atoms with Crippen molar-refractivity contribution in [2.24, 2.45) is 0 Å². The predicted octanol–water partition coefficient (Wildman–Crippen LogP) is 0.759. The van der Waals surface area contributed by atoms with Gasteiger partial charge in [0, 0.05) is 26.3 Å². The normalized spacial score (nSPS) is 24.7. The second-order valence-corrected chi connectivity index (χ2v) is 3.67. The summed E-state index contributed by atoms with van der Waals surface area (Å²) in [5.41, 5.74) is 0. The summed E-state index contributed by atoms with van der Waals surface area (Å²) in [5, 5.41) is 6.01. The lowest BCUT2D eigenvalue weighted by atomic mass is 10.2. The van der Waals surface area contributed by atoms with Crippen LogP contribution in [0.1, 0.15) is 0 Å². The van der Waals surface area contributed by atoms with E-state index in [0.717, 1.165) is 12.3 Å². The molecule has 88 valence electrons. The fourth-order valence-electron chi connectivity index (χ4n) is 1.74. The fraction of sp³-hybridized carbons (Fsp3) is 0.500. The van der Waals surface area contributed by atoms with E-state index in [9.17, 15) is 8.78 Å². The highest BCUT2D eigenvalue weighted by atomic mass is 19.1. The number of hydrogen-bond donors (Lipinski definition) is 2. The lowest BCUT2D eigenvalue weighted by Gasteiger charge is -2.19. The summed E-state index contributed by atoms with van der Waals surface area (Å²) in [6, 6.07) is 0.747. The monoisotopic (exact) mass is 229 g/mol. The van der Waals surface area contributed by atoms with Gasteiger partial charge in [0.2, 0.25) is 0 Å². The Bertz CT molecular complexity index is 375. The van der Waals surface area contributed by atoms with Crippen molar-refractivity contribution < 1.29 is 13.5 Å². The Balaban J connectivity index is 2.08. The van der Waals surface area contributed by atoms with Crippen molar-refractivity contribution in [3.05, 3.63) is 23.9 Å². The number of nitrogens with one attached hydrogen (secondary N) is 2. The molecule has 6 heteroatoms. The number of anilines is 1. The van der Waals surface area contributed by atoms with Gasteiger partial charge >= 0.3 is 0 Å². The number of nitrogens with zero attached hydrogens (tertiary/aromatic N) is 1. The maximum Gasteiger partial charge on any atom is 0.168 e. The average Bonchev–Trinajstić information content (AvgIpc) is 2.69. The van der Waals surface area contributed by atoms with Crippen LogP contribution < -0.4 is 10.6 Å². The molecule has 1 aromatic heterocycles. The molecule has 1 unspecified atom stereocenters. The molecule has 0 spiro atoms. The smallest absolute Gasteiger partial charge is 0.168 e. The third kappa shape index (κ3) is 2.28. The van der Waals surface area contributed by atoms with Gasteiger partial charge in [-0.05, 0) is 0 Å². The Morgan fingerprint density at radius 2 is 2.31 bits per heavy atom. The molecule has 0 bridgehead atoms. The Hall–Kier alpha value is -1.27. The van der Waals surface area contributed by atoms with Crippen molar-refractivity contribution in [1.82, 2.24) is 10.3 Å². The number of halogens is 2. The zero-order chi connectivity index (χ0) is 11.5. The van der Waals surface area contributed by atoms with Gasteiger partial charge in [-0.15, -0.1) is 0 Å². The van der Waals surface area contributed by atoms with E-state index in [2.05, 4.69) is 15.6 Å². The molecule has 2 heterocycles. The first-order valence-corrected chi connectivity index (χ1v) is 5.02. The maximum absolute atomic E-state index is 13.3. The SMILES string of the molecule is CO[C@H]1CNCC1Nc1ncc(F)cc1F. The van der Waals surface area contributed by atoms with E-state index >= 15 is 0 Å². The maximum atomic E-state index is 13.3. The molecular formula is C10H13F2N3O. The summed E-state index contributed by atoms with van der Waals surface area (Å²) < 4.78 is 31.2. The van der Waals surface area contributed by atoms with Crippen LogP contribution in [-0.4, -0.2) is 37.3 Å². The summed E-state index contributed by atoms with van der Waals surface area (Å²) in [6.45, 7) is 1.37. The van der Waals surface area contributed by atoms with Crippen LogP contribution in [-0.2, 0) is 4.74 Å². The van der Waals surface area contributed by atoms with Crippen molar-refractivity contribution in [1.29, 1.82) is 0 Å². The molecule has 2 N–H and O–H groups in total. The molecule has 4 nitrogen and oxygen atoms in total. The highest BCUT2D eigenvalue weighted by molar-refractivity contribution is 5.38. The van der Waals surface area contributed by atoms with E-state index in [1.165, 1.54) is 0 Å². The highest BCUT2D eigenvalue weighted by Crippen LogP contribution is 2.15. The first kappa shape index (κ1) is 11.2. The minimum Gasteiger partial charge on any atom is -0.378 e. The van der Waals surface area contributed by atoms with E-state index < -0.39 is 11.6 Å². The Kier molecular flexibility index (Phi) is 3.31. The largest absolute Gasteiger partial charge is 0.378 e. The topological polar surface area (TPSA) is 46.2 Å². The Morgan fingerprint density at radius 1 is 1.50 bits per heavy atom. The number of hydrogen-bond acceptors (Lipinski definition) is 4. The minimum atomic E-state index is -0.693. The molecule has 1 aliphatic heterocycles. The summed E-state index contributed by atoms with van der Waals surface area (Å²) in [6.07, 6.45) is 0.946. The van der Waals surface area contributed by atoms with Gasteiger partial charge in [-0.25, -0.2) is 13.8 Å². The van der Waals surface area contributed by atoms with Crippen LogP contribution in [0.5, 0.6) is 0 Å². The third-order valence-electron chi connectivity index (χ3n) is 2.59. The molecule has 0 aliphatic carbocycles. The van der Waals surface area contributed by atoms with Gasteiger partial charge in [-0.2, -0.15) is 0 Å². The lowest BCUT2D eigenvalue weighted by molar-refractivity contribution is 0.111. The quantitative estimate of drug-likeness (QED) is 0.803. The number of methoxy groups -OCH3 is 1. The number of aromatic nitrogens is 1. The zero-order valence-corrected chi connectivity index (χ0v) is 8.84. The average molecular weight is 229 g/mol. The zero-order valence-electron chi connectivity index (χ0n) is 8.84. The van der Waals surface area contributed by atoms with Gasteiger partial charge in [0.1, 0.15) is 5.82 Å². The van der Waals surface area contributed by atoms with Crippen molar-refractivity contribution >= 4 is 5.82 Å². The van der Waals surface area contributed by atoms with E-state index in [0.29, 0.717) is 13.1 Å². The summed E-state index contributed by atoms with van der Waals surface area (Å²) in [5.74, 6) is -1.32. The highest BCUT2D eigenvalue weighted by Gasteiger charge is 2.27. The standard InChI is InChI=1S/C10H13F2N3O/c1-16-9-5-13-4-8(9)15-10-7(12)2-6(11)3-14-10/h2-3,8-9,13H,4-5H2,1H3,(H,14,15)/t8?,9-/m0/s1. The van der Waals surface area contributed by atoms with E-state index in [4.69, 9.17) is 4.74 Å². The van der Waals surface area contributed by atoms with Gasteiger partial charge in [0.15, 0.2) is 11.6 Å². The predicted molar refractivity (Wildman–Crippen MR) is 55.2 cm³/mol. The summed E-state index contributed by atoms with van der Waals surface area (Å²) in [4.78, 5) is 3.67. The molecular weight excluding hydrogens is 216 g/mol. The lowest BCUT2D eigenvalue weighted by Crippen LogP contribution is -2.34. The molecule has 0 amide bonds. The van der Waals surface area contributed by atoms with Crippen LogP contribution in [0, 0.1) is 11.6 Å². The molecule has 2 atom stereocenters. The second-order valence-electron chi connectivity index (χ2n) is 3.67. The van der Waals surface area contributed by atoms with Gasteiger partial charge in [0.25, 0.3) is 0 Å².